The van der Waals surface area contributed by atoms with Crippen LogP contribution in [0.2, 0.25) is 0 Å². The molecule has 196 valence electrons. The van der Waals surface area contributed by atoms with Crippen molar-refractivity contribution in [2.45, 2.75) is 44.0 Å². The lowest BCUT2D eigenvalue weighted by Crippen LogP contribution is -2.49. The predicted molar refractivity (Wildman–Crippen MR) is 145 cm³/mol. The number of imide groups is 1. The first-order chi connectivity index (χ1) is 18.8. The molecule has 3 saturated heterocycles. The lowest BCUT2D eigenvalue weighted by Gasteiger charge is -2.33. The highest BCUT2D eigenvalue weighted by molar-refractivity contribution is 7.18. The number of aliphatic hydroxyl groups excluding tert-OH is 1. The van der Waals surface area contributed by atoms with E-state index in [0.29, 0.717) is 34.2 Å². The number of aromatic nitrogens is 1. The van der Waals surface area contributed by atoms with Gasteiger partial charge in [0.05, 0.1) is 62.7 Å². The average molecular weight is 540 g/mol. The molecular formula is C30H25N3O5S. The first-order valence-electron chi connectivity index (χ1n) is 12.9. The van der Waals surface area contributed by atoms with Gasteiger partial charge >= 0.3 is 0 Å². The number of benzene rings is 3. The molecule has 3 fully saturated rings. The summed E-state index contributed by atoms with van der Waals surface area (Å²) in [6.45, 7) is 3.95. The van der Waals surface area contributed by atoms with E-state index in [1.54, 1.807) is 30.4 Å². The Morgan fingerprint density at radius 3 is 2.72 bits per heavy atom. The van der Waals surface area contributed by atoms with E-state index in [2.05, 4.69) is 11.1 Å². The van der Waals surface area contributed by atoms with Gasteiger partial charge in [-0.2, -0.15) is 5.26 Å². The Morgan fingerprint density at radius 2 is 1.92 bits per heavy atom. The quantitative estimate of drug-likeness (QED) is 0.372. The Labute approximate surface area is 228 Å². The molecule has 4 heterocycles. The summed E-state index contributed by atoms with van der Waals surface area (Å²) in [5.41, 5.74) is -0.407. The molecule has 0 unspecified atom stereocenters. The summed E-state index contributed by atoms with van der Waals surface area (Å²) in [6, 6.07) is 18.5. The number of aliphatic hydroxyl groups is 1. The minimum atomic E-state index is -1.18. The molecule has 3 aliphatic heterocycles. The van der Waals surface area contributed by atoms with Crippen molar-refractivity contribution >= 4 is 49.8 Å². The Hall–Kier alpha value is -3.84. The zero-order valence-electron chi connectivity index (χ0n) is 21.4. The van der Waals surface area contributed by atoms with E-state index in [1.165, 1.54) is 4.90 Å². The number of ether oxygens (including phenoxy) is 2. The first-order valence-corrected chi connectivity index (χ1v) is 13.8. The molecule has 5 atom stereocenters. The van der Waals surface area contributed by atoms with Crippen LogP contribution in [0, 0.1) is 30.1 Å². The molecule has 1 N–H and O–H groups in total. The molecule has 3 aromatic carbocycles. The predicted octanol–water partition coefficient (Wildman–Crippen LogP) is 4.50. The van der Waals surface area contributed by atoms with E-state index in [9.17, 15) is 20.0 Å². The van der Waals surface area contributed by atoms with Gasteiger partial charge in [0.2, 0.25) is 11.8 Å². The van der Waals surface area contributed by atoms with Gasteiger partial charge in [-0.15, -0.1) is 11.3 Å². The van der Waals surface area contributed by atoms with Gasteiger partial charge in [-0.25, -0.2) is 9.88 Å². The van der Waals surface area contributed by atoms with Gasteiger partial charge in [-0.1, -0.05) is 24.3 Å². The number of carbonyl (C=O) groups is 2. The minimum absolute atomic E-state index is 0.249. The first kappa shape index (κ1) is 24.2. The van der Waals surface area contributed by atoms with Crippen LogP contribution in [0.4, 0.5) is 5.69 Å². The molecule has 3 aliphatic rings. The van der Waals surface area contributed by atoms with Crippen LogP contribution in [0.15, 0.2) is 54.6 Å². The Morgan fingerprint density at radius 1 is 1.15 bits per heavy atom. The maximum absolute atomic E-state index is 14.1. The topological polar surface area (TPSA) is 113 Å². The summed E-state index contributed by atoms with van der Waals surface area (Å²) in [4.78, 5) is 33.7. The van der Waals surface area contributed by atoms with Crippen LogP contribution in [0.25, 0.3) is 21.0 Å². The maximum atomic E-state index is 14.1. The Bertz CT molecular complexity index is 1740. The van der Waals surface area contributed by atoms with Crippen molar-refractivity contribution in [2.75, 3.05) is 11.5 Å². The van der Waals surface area contributed by atoms with Crippen molar-refractivity contribution in [2.24, 2.45) is 11.8 Å². The number of rotatable bonds is 5. The van der Waals surface area contributed by atoms with Gasteiger partial charge in [0.15, 0.2) is 0 Å². The largest absolute Gasteiger partial charge is 0.493 e. The van der Waals surface area contributed by atoms with Crippen LogP contribution in [-0.2, 0) is 14.3 Å². The lowest BCUT2D eigenvalue weighted by atomic mass is 9.66. The molecule has 0 saturated carbocycles. The third kappa shape index (κ3) is 3.32. The van der Waals surface area contributed by atoms with Crippen LogP contribution in [-0.4, -0.2) is 45.8 Å². The fraction of sp³-hybridized carbons (Fsp3) is 0.333. The van der Waals surface area contributed by atoms with E-state index in [-0.39, 0.29) is 24.8 Å². The summed E-state index contributed by atoms with van der Waals surface area (Å²) < 4.78 is 13.6. The highest BCUT2D eigenvalue weighted by Gasteiger charge is 2.77. The monoisotopic (exact) mass is 539 g/mol. The number of nitrogens with zero attached hydrogens (tertiary/aromatic N) is 3. The number of amides is 2. The number of hydrogen-bond donors (Lipinski definition) is 1. The number of hydrogen-bond acceptors (Lipinski definition) is 8. The van der Waals surface area contributed by atoms with E-state index in [0.717, 1.165) is 15.2 Å². The zero-order chi connectivity index (χ0) is 27.1. The second-order valence-electron chi connectivity index (χ2n) is 10.8. The third-order valence-corrected chi connectivity index (χ3v) is 9.59. The molecule has 8 nitrogen and oxygen atoms in total. The molecule has 2 amide bonds. The Balaban J connectivity index is 1.21. The van der Waals surface area contributed by atoms with Crippen LogP contribution in [0.1, 0.15) is 30.3 Å². The second-order valence-corrected chi connectivity index (χ2v) is 12.0. The van der Waals surface area contributed by atoms with Gasteiger partial charge in [0.1, 0.15) is 11.4 Å². The van der Waals surface area contributed by atoms with Crippen LogP contribution < -0.4 is 9.64 Å². The summed E-state index contributed by atoms with van der Waals surface area (Å²) in [5.74, 6) is -1.60. The number of anilines is 1. The van der Waals surface area contributed by atoms with Gasteiger partial charge in [0.25, 0.3) is 0 Å². The third-order valence-electron chi connectivity index (χ3n) is 8.64. The molecule has 4 aromatic rings. The lowest BCUT2D eigenvalue weighted by molar-refractivity contribution is -0.134. The van der Waals surface area contributed by atoms with E-state index in [1.807, 2.05) is 49.4 Å². The van der Waals surface area contributed by atoms with E-state index < -0.39 is 29.1 Å². The summed E-state index contributed by atoms with van der Waals surface area (Å²) >= 11 is 1.62. The van der Waals surface area contributed by atoms with Crippen molar-refractivity contribution in [3.05, 3.63) is 65.2 Å². The van der Waals surface area contributed by atoms with Gasteiger partial charge < -0.3 is 14.6 Å². The molecule has 7 rings (SSSR count). The summed E-state index contributed by atoms with van der Waals surface area (Å²) in [5, 5.41) is 22.9. The highest BCUT2D eigenvalue weighted by Crippen LogP contribution is 2.62. The van der Waals surface area contributed by atoms with Crippen molar-refractivity contribution in [3.8, 4) is 11.8 Å². The van der Waals surface area contributed by atoms with Crippen molar-refractivity contribution in [3.63, 3.8) is 0 Å². The van der Waals surface area contributed by atoms with Crippen LogP contribution >= 0.6 is 11.3 Å². The number of fused-ring (bicyclic) bond motifs is 7. The molecule has 39 heavy (non-hydrogen) atoms. The highest BCUT2D eigenvalue weighted by atomic mass is 32.1. The van der Waals surface area contributed by atoms with Gasteiger partial charge in [-0.05, 0) is 38.1 Å². The van der Waals surface area contributed by atoms with Crippen molar-refractivity contribution in [1.82, 2.24) is 4.98 Å². The molecule has 0 spiro atoms. The molecule has 2 bridgehead atoms. The number of aryl methyl sites for hydroxylation is 1. The molecule has 0 radical (unpaired) electrons. The summed E-state index contributed by atoms with van der Waals surface area (Å²) in [7, 11) is 0. The Kier molecular flexibility index (Phi) is 5.17. The fourth-order valence-corrected chi connectivity index (χ4v) is 7.70. The molecule has 1 aromatic heterocycles. The van der Waals surface area contributed by atoms with Crippen molar-refractivity contribution < 1.29 is 24.2 Å². The fourth-order valence-electron chi connectivity index (χ4n) is 6.89. The van der Waals surface area contributed by atoms with Crippen LogP contribution in [0.3, 0.4) is 0 Å². The van der Waals surface area contributed by atoms with Gasteiger partial charge in [0, 0.05) is 29.7 Å². The maximum Gasteiger partial charge on any atom is 0.240 e. The van der Waals surface area contributed by atoms with Gasteiger partial charge in [-0.3, -0.25) is 9.59 Å². The zero-order valence-corrected chi connectivity index (χ0v) is 22.2. The normalized spacial score (nSPS) is 29.4. The molecular weight excluding hydrogens is 514 g/mol. The SMILES string of the molecule is Cc1nc2cc(OCC[C@]34C[C@H](O)[C@](C)(O3)[C@@H]3C(=O)N(c5ccc(C#N)c6ccccc56)C(=O)[C@@H]34)ccc2s1. The summed E-state index contributed by atoms with van der Waals surface area (Å²) in [6.07, 6.45) is -0.294. The number of nitriles is 1. The number of thiazole rings is 1. The number of carbonyl (C=O) groups excluding carboxylic acids is 2. The molecule has 0 aliphatic carbocycles. The van der Waals surface area contributed by atoms with Crippen molar-refractivity contribution in [1.29, 1.82) is 5.26 Å². The van der Waals surface area contributed by atoms with E-state index >= 15 is 0 Å². The second kappa shape index (κ2) is 8.33. The van der Waals surface area contributed by atoms with Crippen LogP contribution in [0.5, 0.6) is 5.75 Å². The molecule has 9 heteroatoms. The van der Waals surface area contributed by atoms with E-state index in [4.69, 9.17) is 9.47 Å². The minimum Gasteiger partial charge on any atom is -0.493 e. The average Bonchev–Trinajstić information content (AvgIpc) is 3.58. The smallest absolute Gasteiger partial charge is 0.240 e. The standard InChI is InChI=1S/C30H25N3O5S/c1-16-32-21-13-18(8-10-23(21)39-16)37-12-11-30-14-24(34)29(2,38-30)25-26(30)28(36)33(27(25)35)22-9-7-17(15-31)19-5-3-4-6-20(19)22/h3-10,13,24-26,34H,11-12,14H2,1-2H3/t24-,25-,26+,29-,30+/m0/s1.